The van der Waals surface area contributed by atoms with Crippen LogP contribution in [0.4, 0.5) is 24.5 Å². The number of carbonyl (C=O) groups is 2. The van der Waals surface area contributed by atoms with Gasteiger partial charge in [0.25, 0.3) is 25.8 Å². The molecule has 0 spiro atoms. The summed E-state index contributed by atoms with van der Waals surface area (Å²) in [7, 11) is -10.9. The smallest absolute Gasteiger partial charge is 0.380 e. The zero-order chi connectivity index (χ0) is 55.8. The summed E-state index contributed by atoms with van der Waals surface area (Å²) < 4.78 is 104. The number of sulfone groups is 1. The maximum Gasteiger partial charge on any atom is 0.501 e. The van der Waals surface area contributed by atoms with Gasteiger partial charge in [0.1, 0.15) is 4.90 Å². The number of nitrogens with one attached hydrogen (secondary N) is 2. The highest BCUT2D eigenvalue weighted by Gasteiger charge is 2.49. The number of ether oxygens (including phenoxy) is 1. The number of amides is 2. The quantitative estimate of drug-likeness (QED) is 0.0859. The molecule has 2 amide bonds. The molecular weight excluding hydrogens is 1100 g/mol. The van der Waals surface area contributed by atoms with Crippen LogP contribution in [-0.4, -0.2) is 164 Å². The molecule has 2 aliphatic carbocycles. The molecule has 1 saturated carbocycles. The van der Waals surface area contributed by atoms with Gasteiger partial charge < -0.3 is 19.9 Å². The van der Waals surface area contributed by atoms with Gasteiger partial charge in [0.15, 0.2) is 0 Å². The monoisotopic (exact) mass is 1170 g/mol. The van der Waals surface area contributed by atoms with E-state index in [2.05, 4.69) is 48.9 Å². The largest absolute Gasteiger partial charge is 0.501 e. The van der Waals surface area contributed by atoms with E-state index in [9.17, 15) is 39.6 Å². The van der Waals surface area contributed by atoms with E-state index < -0.39 is 52.8 Å². The van der Waals surface area contributed by atoms with Gasteiger partial charge in [-0.05, 0) is 122 Å². The van der Waals surface area contributed by atoms with Crippen LogP contribution in [0, 0.1) is 11.3 Å². The van der Waals surface area contributed by atoms with Gasteiger partial charge in [-0.2, -0.15) is 13.2 Å². The summed E-state index contributed by atoms with van der Waals surface area (Å²) in [6.45, 7) is 13.6. The standard InChI is InChI=1S/C58H73ClF3N7O7S3/c1-57(42-67-28-32-69(33-29-67)56(71)45-8-4-2-5-9-45)24-22-52(43-12-16-47(59)17-13-43)46(39-57)40-66-26-30-68(31-27-66)49-18-14-44(15-19-49)55(70)64-79(74,75)51-20-21-53(54(38-51)78(72,73)58(60,61)62)63-48(23-25-65-34-36-76-37-35-65)41-77-50-10-6-3-7-11-50/h3,6-7,10-21,38,45,48,63H,2,4-5,8-9,22-37,39-42H2,1H3,(H,64,70)/t48-,57?/m1/s1. The van der Waals surface area contributed by atoms with Crippen molar-refractivity contribution >= 4 is 72.0 Å². The summed E-state index contributed by atoms with van der Waals surface area (Å²) in [4.78, 5) is 37.2. The summed E-state index contributed by atoms with van der Waals surface area (Å²) in [5.74, 6) is -0.119. The third-order valence-corrected chi connectivity index (χ3v) is 20.6. The predicted octanol–water partition coefficient (Wildman–Crippen LogP) is 9.54. The average Bonchev–Trinajstić information content (AvgIpc) is 3.55. The Morgan fingerprint density at radius 3 is 2.14 bits per heavy atom. The lowest BCUT2D eigenvalue weighted by molar-refractivity contribution is -0.138. The van der Waals surface area contributed by atoms with Gasteiger partial charge in [0.05, 0.1) is 23.8 Å². The number of halogens is 4. The Bertz CT molecular complexity index is 2980. The van der Waals surface area contributed by atoms with Crippen LogP contribution < -0.4 is 14.9 Å². The average molecular weight is 1170 g/mol. The van der Waals surface area contributed by atoms with Gasteiger partial charge in [-0.25, -0.2) is 21.6 Å². The molecule has 4 aromatic rings. The highest BCUT2D eigenvalue weighted by Crippen LogP contribution is 2.44. The number of allylic oxidation sites excluding steroid dienone is 1. The number of anilines is 2. The molecule has 3 heterocycles. The summed E-state index contributed by atoms with van der Waals surface area (Å²) in [5.41, 5.74) is -1.25. The second-order valence-corrected chi connectivity index (χ2v) is 27.2. The lowest BCUT2D eigenvalue weighted by Crippen LogP contribution is -2.53. The third kappa shape index (κ3) is 15.3. The van der Waals surface area contributed by atoms with E-state index in [1.165, 1.54) is 47.0 Å². The lowest BCUT2D eigenvalue weighted by Gasteiger charge is -2.44. The first-order valence-corrected chi connectivity index (χ1v) is 32.0. The van der Waals surface area contributed by atoms with Gasteiger partial charge in [-0.1, -0.05) is 73.7 Å². The molecule has 3 aliphatic heterocycles. The number of carbonyl (C=O) groups excluding carboxylic acids is 2. The number of hydrogen-bond acceptors (Lipinski definition) is 13. The van der Waals surface area contributed by atoms with Crippen LogP contribution in [0.5, 0.6) is 0 Å². The van der Waals surface area contributed by atoms with Crippen LogP contribution in [0.15, 0.2) is 117 Å². The second kappa shape index (κ2) is 26.1. The minimum atomic E-state index is -6.08. The maximum atomic E-state index is 14.3. The third-order valence-electron chi connectivity index (χ3n) is 16.3. The molecule has 0 radical (unpaired) electrons. The highest BCUT2D eigenvalue weighted by atomic mass is 35.5. The van der Waals surface area contributed by atoms with Gasteiger partial charge >= 0.3 is 5.51 Å². The Morgan fingerprint density at radius 1 is 0.797 bits per heavy atom. The molecule has 9 rings (SSSR count). The first-order chi connectivity index (χ1) is 37.8. The number of alkyl halides is 3. The minimum absolute atomic E-state index is 0.0109. The number of hydrogen-bond donors (Lipinski definition) is 2. The fourth-order valence-corrected chi connectivity index (χ4v) is 14.9. The van der Waals surface area contributed by atoms with Gasteiger partial charge in [-0.3, -0.25) is 24.3 Å². The van der Waals surface area contributed by atoms with Crippen molar-refractivity contribution in [3.63, 3.8) is 0 Å². The van der Waals surface area contributed by atoms with Crippen molar-refractivity contribution in [1.29, 1.82) is 0 Å². The van der Waals surface area contributed by atoms with Crippen molar-refractivity contribution in [1.82, 2.24) is 24.3 Å². The second-order valence-electron chi connectivity index (χ2n) is 22.1. The number of nitrogens with zero attached hydrogens (tertiary/aromatic N) is 5. The van der Waals surface area contributed by atoms with E-state index in [0.29, 0.717) is 75.1 Å². The van der Waals surface area contributed by atoms with Crippen molar-refractivity contribution in [2.24, 2.45) is 11.3 Å². The molecule has 5 aliphatic rings. The summed E-state index contributed by atoms with van der Waals surface area (Å²) in [6.07, 6.45) is 9.03. The molecule has 2 N–H and O–H groups in total. The van der Waals surface area contributed by atoms with Gasteiger partial charge in [-0.15, -0.1) is 11.8 Å². The van der Waals surface area contributed by atoms with Crippen molar-refractivity contribution in [3.8, 4) is 0 Å². The molecular formula is C58H73ClF3N7O7S3. The van der Waals surface area contributed by atoms with E-state index in [0.717, 1.165) is 120 Å². The first kappa shape index (κ1) is 59.0. The first-order valence-electron chi connectivity index (χ1n) is 27.6. The number of thioether (sulfide) groups is 1. The van der Waals surface area contributed by atoms with Crippen LogP contribution in [0.2, 0.25) is 5.02 Å². The molecule has 2 atom stereocenters. The normalized spacial score (nSPS) is 21.2. The fourth-order valence-electron chi connectivity index (χ4n) is 11.8. The fraction of sp³-hybridized carbons (Fsp3) is 0.517. The van der Waals surface area contributed by atoms with Crippen molar-refractivity contribution in [3.05, 3.63) is 119 Å². The predicted molar refractivity (Wildman–Crippen MR) is 306 cm³/mol. The molecule has 3 saturated heterocycles. The molecule has 4 fully saturated rings. The topological polar surface area (TPSA) is 152 Å². The molecule has 14 nitrogen and oxygen atoms in total. The molecule has 0 aromatic heterocycles. The maximum absolute atomic E-state index is 14.3. The number of sulfonamides is 1. The summed E-state index contributed by atoms with van der Waals surface area (Å²) in [6, 6.07) is 25.9. The van der Waals surface area contributed by atoms with Crippen LogP contribution in [-0.2, 0) is 29.4 Å². The molecule has 428 valence electrons. The van der Waals surface area contributed by atoms with Crippen molar-refractivity contribution < 1.29 is 44.3 Å². The Hall–Kier alpha value is -4.67. The molecule has 79 heavy (non-hydrogen) atoms. The van der Waals surface area contributed by atoms with Crippen LogP contribution in [0.3, 0.4) is 0 Å². The highest BCUT2D eigenvalue weighted by molar-refractivity contribution is 7.99. The van der Waals surface area contributed by atoms with E-state index >= 15 is 0 Å². The number of benzene rings is 4. The summed E-state index contributed by atoms with van der Waals surface area (Å²) >= 11 is 7.79. The Balaban J connectivity index is 0.824. The van der Waals surface area contributed by atoms with Crippen LogP contribution in [0.1, 0.15) is 80.6 Å². The molecule has 0 bridgehead atoms. The molecule has 21 heteroatoms. The van der Waals surface area contributed by atoms with Crippen LogP contribution >= 0.6 is 23.4 Å². The SMILES string of the molecule is CC1(CN2CCN(C(=O)C3CCCCC3)CC2)CCC(c2ccc(Cl)cc2)=C(CN2CCN(c3ccc(C(=O)NS(=O)(=O)c4ccc(N[C@H](CCN5CCOCC5)CSc5ccccc5)c(S(=O)(=O)C(F)(F)F)c4)cc3)CC2)C1. The zero-order valence-electron chi connectivity index (χ0n) is 44.9. The minimum Gasteiger partial charge on any atom is -0.380 e. The Kier molecular flexibility index (Phi) is 19.5. The lowest BCUT2D eigenvalue weighted by atomic mass is 9.71. The molecule has 1 unspecified atom stereocenters. The van der Waals surface area contributed by atoms with Crippen LogP contribution in [0.25, 0.3) is 5.57 Å². The number of rotatable bonds is 19. The zero-order valence-corrected chi connectivity index (χ0v) is 48.1. The van der Waals surface area contributed by atoms with Gasteiger partial charge in [0, 0.05) is 124 Å². The van der Waals surface area contributed by atoms with Crippen molar-refractivity contribution in [2.75, 3.05) is 114 Å². The summed E-state index contributed by atoms with van der Waals surface area (Å²) in [5, 5.41) is 3.71. The van der Waals surface area contributed by atoms with E-state index in [1.807, 2.05) is 47.2 Å². The van der Waals surface area contributed by atoms with E-state index in [-0.39, 0.29) is 16.9 Å². The van der Waals surface area contributed by atoms with Crippen molar-refractivity contribution in [2.45, 2.75) is 90.9 Å². The van der Waals surface area contributed by atoms with E-state index in [4.69, 9.17) is 16.3 Å². The van der Waals surface area contributed by atoms with Gasteiger partial charge in [0.2, 0.25) is 5.91 Å². The molecule has 4 aromatic carbocycles. The number of piperazine rings is 2. The van der Waals surface area contributed by atoms with E-state index in [1.54, 1.807) is 12.1 Å². The Labute approximate surface area is 473 Å². The number of morpholine rings is 1. The Morgan fingerprint density at radius 2 is 1.47 bits per heavy atom.